The van der Waals surface area contributed by atoms with Gasteiger partial charge in [-0.25, -0.2) is 14.8 Å². The van der Waals surface area contributed by atoms with E-state index < -0.39 is 5.97 Å². The standard InChI is InChI=1S/C25H18ClN3O3S/c1-13-14(2)33-24-22(13)23(30)28-21(29-24)12-32-25(31)17-11-20(16-8-3-5-9-18(16)26)27-19-10-6-4-7-15(17)19/h3-11H,12H2,1-2H3,(H,28,29,30). The summed E-state index contributed by atoms with van der Waals surface area (Å²) < 4.78 is 5.56. The molecule has 8 heteroatoms. The molecule has 0 fully saturated rings. The summed E-state index contributed by atoms with van der Waals surface area (Å²) in [6.07, 6.45) is 0. The van der Waals surface area contributed by atoms with Crippen LogP contribution in [0, 0.1) is 13.8 Å². The number of aromatic nitrogens is 3. The molecular weight excluding hydrogens is 458 g/mol. The van der Waals surface area contributed by atoms with Crippen LogP contribution in [0.4, 0.5) is 0 Å². The molecule has 164 valence electrons. The van der Waals surface area contributed by atoms with Gasteiger partial charge in [0, 0.05) is 20.8 Å². The number of carbonyl (C=O) groups excluding carboxylic acids is 1. The van der Waals surface area contributed by atoms with Crippen molar-refractivity contribution in [2.24, 2.45) is 0 Å². The Balaban J connectivity index is 1.50. The lowest BCUT2D eigenvalue weighted by molar-refractivity contribution is 0.0464. The predicted molar refractivity (Wildman–Crippen MR) is 131 cm³/mol. The molecule has 0 aliphatic heterocycles. The summed E-state index contributed by atoms with van der Waals surface area (Å²) in [6, 6.07) is 16.4. The van der Waals surface area contributed by atoms with Crippen molar-refractivity contribution in [3.63, 3.8) is 0 Å². The Morgan fingerprint density at radius 3 is 2.67 bits per heavy atom. The van der Waals surface area contributed by atoms with Gasteiger partial charge in [0.05, 0.1) is 22.2 Å². The van der Waals surface area contributed by atoms with Crippen molar-refractivity contribution in [3.05, 3.63) is 91.8 Å². The number of rotatable bonds is 4. The van der Waals surface area contributed by atoms with Gasteiger partial charge < -0.3 is 9.72 Å². The summed E-state index contributed by atoms with van der Waals surface area (Å²) >= 11 is 7.81. The fourth-order valence-corrected chi connectivity index (χ4v) is 5.01. The minimum atomic E-state index is -0.539. The van der Waals surface area contributed by atoms with Gasteiger partial charge >= 0.3 is 5.97 Å². The normalized spacial score (nSPS) is 11.2. The lowest BCUT2D eigenvalue weighted by Gasteiger charge is -2.11. The second kappa shape index (κ2) is 8.42. The molecule has 3 heterocycles. The van der Waals surface area contributed by atoms with Crippen LogP contribution in [0.1, 0.15) is 26.6 Å². The Kier molecular flexibility index (Phi) is 5.44. The van der Waals surface area contributed by atoms with E-state index in [0.29, 0.717) is 43.2 Å². The van der Waals surface area contributed by atoms with Gasteiger partial charge in [-0.15, -0.1) is 11.3 Å². The number of carbonyl (C=O) groups is 1. The molecule has 2 aromatic carbocycles. The molecule has 3 aromatic heterocycles. The van der Waals surface area contributed by atoms with Crippen molar-refractivity contribution < 1.29 is 9.53 Å². The monoisotopic (exact) mass is 475 g/mol. The molecule has 0 aliphatic carbocycles. The number of hydrogen-bond donors (Lipinski definition) is 1. The number of esters is 1. The van der Waals surface area contributed by atoms with Crippen LogP contribution < -0.4 is 5.56 Å². The van der Waals surface area contributed by atoms with E-state index in [9.17, 15) is 9.59 Å². The Labute approximate surface area is 197 Å². The zero-order valence-electron chi connectivity index (χ0n) is 17.8. The first-order valence-electron chi connectivity index (χ1n) is 10.2. The summed E-state index contributed by atoms with van der Waals surface area (Å²) in [5.41, 5.74) is 3.00. The van der Waals surface area contributed by atoms with E-state index in [4.69, 9.17) is 16.3 Å². The predicted octanol–water partition coefficient (Wildman–Crippen LogP) is 5.83. The SMILES string of the molecule is Cc1sc2nc(COC(=O)c3cc(-c4ccccc4Cl)nc4ccccc34)[nH]c(=O)c2c1C. The summed E-state index contributed by atoms with van der Waals surface area (Å²) in [7, 11) is 0. The van der Waals surface area contributed by atoms with Crippen LogP contribution in [-0.2, 0) is 11.3 Å². The first-order chi connectivity index (χ1) is 15.9. The van der Waals surface area contributed by atoms with Crippen LogP contribution in [0.5, 0.6) is 0 Å². The molecule has 1 N–H and O–H groups in total. The molecular formula is C25H18ClN3O3S. The van der Waals surface area contributed by atoms with E-state index >= 15 is 0 Å². The highest BCUT2D eigenvalue weighted by molar-refractivity contribution is 7.18. The molecule has 0 saturated carbocycles. The van der Waals surface area contributed by atoms with Crippen LogP contribution in [0.3, 0.4) is 0 Å². The Hall–Kier alpha value is -3.55. The van der Waals surface area contributed by atoms with Crippen molar-refractivity contribution in [2.45, 2.75) is 20.5 Å². The van der Waals surface area contributed by atoms with E-state index in [0.717, 1.165) is 16.0 Å². The van der Waals surface area contributed by atoms with Gasteiger partial charge in [-0.05, 0) is 37.6 Å². The largest absolute Gasteiger partial charge is 0.454 e. The third-order valence-corrected chi connectivity index (χ3v) is 6.94. The fraction of sp³-hybridized carbons (Fsp3) is 0.120. The summed E-state index contributed by atoms with van der Waals surface area (Å²) in [5.74, 6) is -0.241. The Bertz CT molecular complexity index is 1610. The van der Waals surface area contributed by atoms with Crippen molar-refractivity contribution in [3.8, 4) is 11.3 Å². The van der Waals surface area contributed by atoms with Gasteiger partial charge in [0.25, 0.3) is 5.56 Å². The molecule has 0 bridgehead atoms. The number of nitrogens with zero attached hydrogens (tertiary/aromatic N) is 2. The van der Waals surface area contributed by atoms with Crippen LogP contribution in [0.15, 0.2) is 59.4 Å². The molecule has 5 rings (SSSR count). The van der Waals surface area contributed by atoms with Crippen molar-refractivity contribution >= 4 is 50.0 Å². The molecule has 0 radical (unpaired) electrons. The first-order valence-corrected chi connectivity index (χ1v) is 11.4. The van der Waals surface area contributed by atoms with Crippen molar-refractivity contribution in [2.75, 3.05) is 0 Å². The minimum Gasteiger partial charge on any atom is -0.454 e. The number of fused-ring (bicyclic) bond motifs is 2. The number of pyridine rings is 1. The number of hydrogen-bond acceptors (Lipinski definition) is 6. The highest BCUT2D eigenvalue weighted by Gasteiger charge is 2.18. The molecule has 33 heavy (non-hydrogen) atoms. The molecule has 5 aromatic rings. The van der Waals surface area contributed by atoms with E-state index in [1.807, 2.05) is 56.3 Å². The van der Waals surface area contributed by atoms with Crippen LogP contribution in [0.2, 0.25) is 5.02 Å². The number of para-hydroxylation sites is 1. The molecule has 0 atom stereocenters. The number of ether oxygens (including phenoxy) is 1. The maximum absolute atomic E-state index is 13.1. The van der Waals surface area contributed by atoms with Crippen LogP contribution in [-0.4, -0.2) is 20.9 Å². The van der Waals surface area contributed by atoms with Gasteiger partial charge in [-0.1, -0.05) is 48.0 Å². The number of nitrogens with one attached hydrogen (secondary N) is 1. The molecule has 0 aliphatic rings. The van der Waals surface area contributed by atoms with Crippen LogP contribution >= 0.6 is 22.9 Å². The zero-order valence-corrected chi connectivity index (χ0v) is 19.4. The smallest absolute Gasteiger partial charge is 0.339 e. The van der Waals surface area contributed by atoms with E-state index in [-0.39, 0.29) is 12.2 Å². The van der Waals surface area contributed by atoms with E-state index in [1.54, 1.807) is 12.1 Å². The number of thiophene rings is 1. The second-order valence-corrected chi connectivity index (χ2v) is 9.21. The summed E-state index contributed by atoms with van der Waals surface area (Å²) in [6.45, 7) is 3.69. The summed E-state index contributed by atoms with van der Waals surface area (Å²) in [5, 5.41) is 1.79. The number of aromatic amines is 1. The highest BCUT2D eigenvalue weighted by atomic mass is 35.5. The third kappa shape index (κ3) is 3.90. The van der Waals surface area contributed by atoms with Gasteiger partial charge in [0.15, 0.2) is 0 Å². The quantitative estimate of drug-likeness (QED) is 0.331. The molecule has 0 unspecified atom stereocenters. The summed E-state index contributed by atoms with van der Waals surface area (Å²) in [4.78, 5) is 39.2. The van der Waals surface area contributed by atoms with Gasteiger partial charge in [-0.3, -0.25) is 4.79 Å². The minimum absolute atomic E-state index is 0.155. The molecule has 6 nitrogen and oxygen atoms in total. The number of benzene rings is 2. The van der Waals surface area contributed by atoms with E-state index in [2.05, 4.69) is 15.0 Å². The highest BCUT2D eigenvalue weighted by Crippen LogP contribution is 2.30. The van der Waals surface area contributed by atoms with Crippen molar-refractivity contribution in [1.82, 2.24) is 15.0 Å². The fourth-order valence-electron chi connectivity index (χ4n) is 3.73. The number of aryl methyl sites for hydroxylation is 2. The topological polar surface area (TPSA) is 84.9 Å². The average molecular weight is 476 g/mol. The lowest BCUT2D eigenvalue weighted by Crippen LogP contribution is -2.14. The third-order valence-electron chi connectivity index (χ3n) is 5.51. The zero-order chi connectivity index (χ0) is 23.1. The number of H-pyrrole nitrogens is 1. The lowest BCUT2D eigenvalue weighted by atomic mass is 10.0. The van der Waals surface area contributed by atoms with Crippen molar-refractivity contribution in [1.29, 1.82) is 0 Å². The Morgan fingerprint density at radius 1 is 1.09 bits per heavy atom. The van der Waals surface area contributed by atoms with Gasteiger partial charge in [-0.2, -0.15) is 0 Å². The molecule has 0 amide bonds. The first kappa shape index (κ1) is 21.3. The molecule has 0 saturated heterocycles. The van der Waals surface area contributed by atoms with E-state index in [1.165, 1.54) is 11.3 Å². The van der Waals surface area contributed by atoms with Gasteiger partial charge in [0.2, 0.25) is 0 Å². The van der Waals surface area contributed by atoms with Crippen LogP contribution in [0.25, 0.3) is 32.4 Å². The Morgan fingerprint density at radius 2 is 1.85 bits per heavy atom. The maximum Gasteiger partial charge on any atom is 0.339 e. The average Bonchev–Trinajstić information content (AvgIpc) is 3.10. The second-order valence-electron chi connectivity index (χ2n) is 7.60. The maximum atomic E-state index is 13.1. The van der Waals surface area contributed by atoms with Gasteiger partial charge in [0.1, 0.15) is 17.3 Å². The molecule has 0 spiro atoms. The number of halogens is 1.